The topological polar surface area (TPSA) is 132 Å². The molecule has 3 rings (SSSR count). The maximum atomic E-state index is 13.6. The zero-order valence-electron chi connectivity index (χ0n) is 24.2. The number of amides is 2. The van der Waals surface area contributed by atoms with Crippen molar-refractivity contribution in [2.24, 2.45) is 22.6 Å². The van der Waals surface area contributed by atoms with Gasteiger partial charge in [-0.3, -0.25) is 14.2 Å². The molecule has 212 valence electrons. The second-order valence-corrected chi connectivity index (χ2v) is 11.9. The van der Waals surface area contributed by atoms with Gasteiger partial charge >= 0.3 is 6.09 Å². The Balaban J connectivity index is 1.70. The van der Waals surface area contributed by atoms with Crippen LogP contribution in [0.15, 0.2) is 40.2 Å². The van der Waals surface area contributed by atoms with Crippen molar-refractivity contribution >= 4 is 23.5 Å². The summed E-state index contributed by atoms with van der Waals surface area (Å²) < 4.78 is 6.73. The number of hydrogen-bond acceptors (Lipinski definition) is 6. The number of hydrogen-bond donors (Lipinski definition) is 2. The molecule has 2 heterocycles. The van der Waals surface area contributed by atoms with E-state index in [1.54, 1.807) is 55.8 Å². The molecule has 0 saturated carbocycles. The van der Waals surface area contributed by atoms with Crippen molar-refractivity contribution < 1.29 is 14.3 Å². The monoisotopic (exact) mass is 538 g/mol. The van der Waals surface area contributed by atoms with E-state index in [-0.39, 0.29) is 23.8 Å². The van der Waals surface area contributed by atoms with Gasteiger partial charge in [0.25, 0.3) is 5.56 Å². The molecule has 1 aromatic carbocycles. The number of fused-ring (bicyclic) bond motifs is 1. The number of carbonyl (C=O) groups is 2. The number of nitrogens with zero attached hydrogens (tertiary/aromatic N) is 4. The Morgan fingerprint density at radius 2 is 1.77 bits per heavy atom. The molecule has 0 bridgehead atoms. The third-order valence-corrected chi connectivity index (χ3v) is 6.14. The van der Waals surface area contributed by atoms with Crippen LogP contribution in [0.5, 0.6) is 0 Å². The van der Waals surface area contributed by atoms with Gasteiger partial charge in [-0.25, -0.2) is 9.78 Å². The fraction of sp³-hybridized carbons (Fsp3) is 0.552. The number of benzene rings is 1. The van der Waals surface area contributed by atoms with E-state index < -0.39 is 17.7 Å². The molecular weight excluding hydrogens is 496 g/mol. The molecule has 1 aliphatic heterocycles. The molecule has 2 aromatic rings. The number of anilines is 1. The van der Waals surface area contributed by atoms with Gasteiger partial charge in [-0.15, -0.1) is 0 Å². The summed E-state index contributed by atoms with van der Waals surface area (Å²) in [4.78, 5) is 49.1. The van der Waals surface area contributed by atoms with Crippen molar-refractivity contribution in [2.45, 2.75) is 79.5 Å². The molecule has 10 heteroatoms. The van der Waals surface area contributed by atoms with Crippen LogP contribution in [0.3, 0.4) is 0 Å². The fourth-order valence-corrected chi connectivity index (χ4v) is 4.56. The maximum Gasteiger partial charge on any atom is 0.436 e. The highest BCUT2D eigenvalue weighted by molar-refractivity contribution is 6.02. The lowest BCUT2D eigenvalue weighted by atomic mass is 10.1. The summed E-state index contributed by atoms with van der Waals surface area (Å²) in [6, 6.07) is 6.47. The predicted octanol–water partition coefficient (Wildman–Crippen LogP) is 3.81. The molecule has 3 N–H and O–H groups in total. The molecule has 2 amide bonds. The Bertz CT molecular complexity index is 1250. The van der Waals surface area contributed by atoms with Crippen LogP contribution in [0.2, 0.25) is 0 Å². The zero-order valence-corrected chi connectivity index (χ0v) is 24.2. The van der Waals surface area contributed by atoms with E-state index in [1.165, 1.54) is 0 Å². The summed E-state index contributed by atoms with van der Waals surface area (Å²) in [5.74, 6) is 1.23. The van der Waals surface area contributed by atoms with Crippen molar-refractivity contribution in [1.29, 1.82) is 0 Å². The van der Waals surface area contributed by atoms with Crippen LogP contribution >= 0.6 is 0 Å². The fourth-order valence-electron chi connectivity index (χ4n) is 4.56. The smallest absolute Gasteiger partial charge is 0.436 e. The molecule has 0 aliphatic carbocycles. The van der Waals surface area contributed by atoms with E-state index in [0.29, 0.717) is 41.8 Å². The lowest BCUT2D eigenvalue weighted by Crippen LogP contribution is -2.40. The summed E-state index contributed by atoms with van der Waals surface area (Å²) in [6.07, 6.45) is 2.02. The highest BCUT2D eigenvalue weighted by Crippen LogP contribution is 2.25. The minimum Gasteiger partial charge on any atom is -0.442 e. The normalized spacial score (nSPS) is 15.4. The number of aryl methyl sites for hydroxylation is 1. The molecule has 39 heavy (non-hydrogen) atoms. The van der Waals surface area contributed by atoms with Crippen LogP contribution in [0, 0.1) is 11.8 Å². The lowest BCUT2D eigenvalue weighted by Gasteiger charge is -2.28. The van der Waals surface area contributed by atoms with Crippen molar-refractivity contribution in [3.05, 3.63) is 57.8 Å². The zero-order chi connectivity index (χ0) is 28.9. The van der Waals surface area contributed by atoms with E-state index in [0.717, 1.165) is 18.7 Å². The molecule has 0 fully saturated rings. The maximum absolute atomic E-state index is 13.6. The molecule has 0 spiro atoms. The second-order valence-electron chi connectivity index (χ2n) is 11.9. The first-order chi connectivity index (χ1) is 18.2. The number of aromatic nitrogens is 2. The van der Waals surface area contributed by atoms with E-state index in [2.05, 4.69) is 47.9 Å². The number of ether oxygens (including phenoxy) is 1. The SMILES string of the molecule is CC(C)CN(CC(C)C)c1cnc2n(c1=O)C(C(=O)NCc1ccc(C(N)=NC(=O)OC(C)(C)C)cc1)CC2. The average Bonchev–Trinajstić information content (AvgIpc) is 3.26. The van der Waals surface area contributed by atoms with Gasteiger partial charge in [0.1, 0.15) is 29.0 Å². The lowest BCUT2D eigenvalue weighted by molar-refractivity contribution is -0.124. The van der Waals surface area contributed by atoms with E-state index in [9.17, 15) is 14.4 Å². The van der Waals surface area contributed by atoms with Gasteiger partial charge in [0.2, 0.25) is 5.91 Å². The first kappa shape index (κ1) is 29.9. The third kappa shape index (κ3) is 8.15. The number of rotatable bonds is 9. The van der Waals surface area contributed by atoms with E-state index in [1.807, 2.05) is 0 Å². The van der Waals surface area contributed by atoms with Crippen LogP contribution in [-0.2, 0) is 22.5 Å². The van der Waals surface area contributed by atoms with E-state index in [4.69, 9.17) is 10.5 Å². The number of nitrogens with one attached hydrogen (secondary N) is 1. The number of aliphatic imine (C=N–C) groups is 1. The second kappa shape index (κ2) is 12.4. The predicted molar refractivity (Wildman–Crippen MR) is 153 cm³/mol. The van der Waals surface area contributed by atoms with Crippen molar-refractivity contribution in [1.82, 2.24) is 14.9 Å². The van der Waals surface area contributed by atoms with Crippen molar-refractivity contribution in [3.8, 4) is 0 Å². The van der Waals surface area contributed by atoms with Crippen LogP contribution in [0.1, 0.15) is 77.9 Å². The largest absolute Gasteiger partial charge is 0.442 e. The van der Waals surface area contributed by atoms with Gasteiger partial charge in [0.15, 0.2) is 0 Å². The minimum atomic E-state index is -0.752. The Labute approximate surface area is 230 Å². The van der Waals surface area contributed by atoms with Crippen LogP contribution < -0.4 is 21.5 Å². The van der Waals surface area contributed by atoms with Gasteiger partial charge < -0.3 is 20.7 Å². The Morgan fingerprint density at radius 3 is 2.33 bits per heavy atom. The van der Waals surface area contributed by atoms with Crippen molar-refractivity contribution in [3.63, 3.8) is 0 Å². The number of nitrogens with two attached hydrogens (primary N) is 1. The third-order valence-electron chi connectivity index (χ3n) is 6.14. The standard InChI is InChI=1S/C29H42N6O4/c1-18(2)16-34(17-19(3)4)23-15-31-24-13-12-22(35(24)27(23)37)26(36)32-14-20-8-10-21(11-9-20)25(30)33-28(38)39-29(5,6)7/h8-11,15,18-19,22H,12-14,16-17H2,1-7H3,(H,32,36)(H2,30,33,38). The number of amidine groups is 1. The van der Waals surface area contributed by atoms with Gasteiger partial charge in [0.05, 0.1) is 6.20 Å². The summed E-state index contributed by atoms with van der Waals surface area (Å²) in [7, 11) is 0. The van der Waals surface area contributed by atoms with Crippen molar-refractivity contribution in [2.75, 3.05) is 18.0 Å². The Morgan fingerprint density at radius 1 is 1.15 bits per heavy atom. The molecular formula is C29H42N6O4. The quantitative estimate of drug-likeness (QED) is 0.367. The molecule has 1 aliphatic rings. The Hall–Kier alpha value is -3.69. The highest BCUT2D eigenvalue weighted by atomic mass is 16.6. The minimum absolute atomic E-state index is 0.0501. The first-order valence-electron chi connectivity index (χ1n) is 13.5. The summed E-state index contributed by atoms with van der Waals surface area (Å²) in [5, 5.41) is 2.95. The highest BCUT2D eigenvalue weighted by Gasteiger charge is 2.32. The molecule has 1 atom stereocenters. The van der Waals surface area contributed by atoms with Crippen LogP contribution in [0.25, 0.3) is 0 Å². The summed E-state index contributed by atoms with van der Waals surface area (Å²) in [6.45, 7) is 15.5. The summed E-state index contributed by atoms with van der Waals surface area (Å²) >= 11 is 0. The van der Waals surface area contributed by atoms with Crippen LogP contribution in [0.4, 0.5) is 10.5 Å². The number of carbonyl (C=O) groups excluding carboxylic acids is 2. The summed E-state index contributed by atoms with van der Waals surface area (Å²) in [5.41, 5.74) is 7.08. The average molecular weight is 539 g/mol. The molecule has 0 radical (unpaired) electrons. The first-order valence-corrected chi connectivity index (χ1v) is 13.5. The van der Waals surface area contributed by atoms with Crippen LogP contribution in [-0.4, -0.2) is 46.1 Å². The molecule has 0 saturated heterocycles. The Kier molecular flexibility index (Phi) is 9.53. The molecule has 1 unspecified atom stereocenters. The van der Waals surface area contributed by atoms with E-state index >= 15 is 0 Å². The molecule has 1 aromatic heterocycles. The molecule has 10 nitrogen and oxygen atoms in total. The van der Waals surface area contributed by atoms with Gasteiger partial charge in [0, 0.05) is 31.6 Å². The van der Waals surface area contributed by atoms with Gasteiger partial charge in [-0.2, -0.15) is 4.99 Å². The van der Waals surface area contributed by atoms with Gasteiger partial charge in [-0.1, -0.05) is 52.0 Å². The van der Waals surface area contributed by atoms with Gasteiger partial charge in [-0.05, 0) is 44.6 Å².